The Kier molecular flexibility index (Phi) is 6.15. The van der Waals surface area contributed by atoms with Gasteiger partial charge in [-0.2, -0.15) is 0 Å². The zero-order chi connectivity index (χ0) is 22.6. The van der Waals surface area contributed by atoms with Crippen molar-refractivity contribution < 1.29 is 4.74 Å². The molecular weight excluding hydrogens is 410 g/mol. The van der Waals surface area contributed by atoms with E-state index in [1.54, 1.807) is 6.20 Å². The van der Waals surface area contributed by atoms with Crippen molar-refractivity contribution in [1.82, 2.24) is 25.2 Å². The highest BCUT2D eigenvalue weighted by Gasteiger charge is 2.30. The Morgan fingerprint density at radius 2 is 1.67 bits per heavy atom. The number of nitrogens with zero attached hydrogens (tertiary/aromatic N) is 5. The number of benzene rings is 2. The van der Waals surface area contributed by atoms with E-state index >= 15 is 0 Å². The van der Waals surface area contributed by atoms with Crippen LogP contribution in [0.25, 0.3) is 11.4 Å². The topological polar surface area (TPSA) is 65.7 Å². The molecule has 6 nitrogen and oxygen atoms in total. The van der Waals surface area contributed by atoms with Gasteiger partial charge in [0.15, 0.2) is 5.82 Å². The molecule has 1 unspecified atom stereocenters. The lowest BCUT2D eigenvalue weighted by atomic mass is 9.70. The van der Waals surface area contributed by atoms with Crippen LogP contribution >= 0.6 is 0 Å². The fourth-order valence-electron chi connectivity index (χ4n) is 4.49. The molecule has 1 fully saturated rings. The molecule has 5 rings (SSSR count). The zero-order valence-electron chi connectivity index (χ0n) is 19.1. The minimum Gasteiger partial charge on any atom is -0.487 e. The van der Waals surface area contributed by atoms with Gasteiger partial charge in [-0.3, -0.25) is 4.98 Å². The minimum absolute atomic E-state index is 0.218. The first-order chi connectivity index (χ1) is 16.2. The monoisotopic (exact) mass is 439 g/mol. The van der Waals surface area contributed by atoms with Gasteiger partial charge in [0.1, 0.15) is 12.4 Å². The van der Waals surface area contributed by atoms with Gasteiger partial charge in [-0.15, -0.1) is 5.10 Å². The Hall–Kier alpha value is -3.54. The zero-order valence-corrected chi connectivity index (χ0v) is 19.1. The molecule has 2 heterocycles. The highest BCUT2D eigenvalue weighted by molar-refractivity contribution is 5.56. The molecule has 2 aromatic heterocycles. The Labute approximate surface area is 194 Å². The lowest BCUT2D eigenvalue weighted by Gasteiger charge is -2.34. The van der Waals surface area contributed by atoms with E-state index in [-0.39, 0.29) is 6.04 Å². The predicted octanol–water partition coefficient (Wildman–Crippen LogP) is 5.83. The number of hydrogen-bond donors (Lipinski definition) is 0. The largest absolute Gasteiger partial charge is 0.487 e. The lowest BCUT2D eigenvalue weighted by molar-refractivity contribution is 0.283. The average Bonchev–Trinajstić information content (AvgIpc) is 3.32. The molecule has 33 heavy (non-hydrogen) atoms. The maximum Gasteiger partial charge on any atom is 0.182 e. The third kappa shape index (κ3) is 4.65. The van der Waals surface area contributed by atoms with Crippen LogP contribution in [0.5, 0.6) is 5.75 Å². The van der Waals surface area contributed by atoms with Crippen LogP contribution in [-0.2, 0) is 6.61 Å². The summed E-state index contributed by atoms with van der Waals surface area (Å²) < 4.78 is 7.80. The van der Waals surface area contributed by atoms with Crippen LogP contribution in [0.1, 0.15) is 61.9 Å². The Bertz CT molecular complexity index is 1170. The molecule has 0 radical (unpaired) electrons. The van der Waals surface area contributed by atoms with E-state index < -0.39 is 0 Å². The normalized spacial score (nSPS) is 14.8. The molecule has 0 spiro atoms. The lowest BCUT2D eigenvalue weighted by Crippen LogP contribution is -2.21. The summed E-state index contributed by atoms with van der Waals surface area (Å²) in [7, 11) is 0. The first-order valence-corrected chi connectivity index (χ1v) is 11.7. The fraction of sp³-hybridized carbons (Fsp3) is 0.333. The van der Waals surface area contributed by atoms with E-state index in [0.717, 1.165) is 22.8 Å². The third-order valence-electron chi connectivity index (χ3n) is 6.48. The first-order valence-electron chi connectivity index (χ1n) is 11.7. The van der Waals surface area contributed by atoms with Crippen LogP contribution in [-0.4, -0.2) is 25.2 Å². The van der Waals surface area contributed by atoms with Crippen molar-refractivity contribution >= 4 is 0 Å². The molecule has 0 N–H and O–H groups in total. The fourth-order valence-corrected chi connectivity index (χ4v) is 4.49. The van der Waals surface area contributed by atoms with Crippen molar-refractivity contribution in [3.8, 4) is 17.1 Å². The molecule has 1 saturated carbocycles. The number of rotatable bonds is 8. The molecule has 0 bridgehead atoms. The Morgan fingerprint density at radius 3 is 2.27 bits per heavy atom. The summed E-state index contributed by atoms with van der Waals surface area (Å²) in [5, 5.41) is 12.2. The SMILES string of the molecule is CC(C)n1nnnc1-c1ccc(C(c2ccc(OCc3ccccn3)cc2)C2CCC2)cc1. The molecule has 1 aliphatic rings. The van der Waals surface area contributed by atoms with E-state index in [1.165, 1.54) is 30.4 Å². The summed E-state index contributed by atoms with van der Waals surface area (Å²) in [6, 6.07) is 23.4. The van der Waals surface area contributed by atoms with Crippen molar-refractivity contribution in [2.24, 2.45) is 5.92 Å². The molecule has 1 aliphatic carbocycles. The van der Waals surface area contributed by atoms with Crippen molar-refractivity contribution in [3.63, 3.8) is 0 Å². The minimum atomic E-state index is 0.218. The van der Waals surface area contributed by atoms with Crippen molar-refractivity contribution in [1.29, 1.82) is 0 Å². The van der Waals surface area contributed by atoms with Gasteiger partial charge in [0.25, 0.3) is 0 Å². The van der Waals surface area contributed by atoms with E-state index in [0.29, 0.717) is 18.4 Å². The highest BCUT2D eigenvalue weighted by Crippen LogP contribution is 2.44. The first kappa shape index (κ1) is 21.3. The summed E-state index contributed by atoms with van der Waals surface area (Å²) in [5.41, 5.74) is 4.65. The summed E-state index contributed by atoms with van der Waals surface area (Å²) in [6.45, 7) is 4.65. The summed E-state index contributed by atoms with van der Waals surface area (Å²) in [4.78, 5) is 4.32. The summed E-state index contributed by atoms with van der Waals surface area (Å²) in [6.07, 6.45) is 5.65. The number of hydrogen-bond acceptors (Lipinski definition) is 5. The maximum atomic E-state index is 5.94. The van der Waals surface area contributed by atoms with E-state index in [4.69, 9.17) is 4.74 Å². The van der Waals surface area contributed by atoms with Crippen LogP contribution in [0.15, 0.2) is 72.9 Å². The molecule has 168 valence electrons. The molecule has 4 aromatic rings. The number of pyridine rings is 1. The standard InChI is InChI=1S/C27H29N5O/c1-19(2)32-27(29-30-31-32)23-11-9-21(10-12-23)26(20-6-5-7-20)22-13-15-25(16-14-22)33-18-24-8-3-4-17-28-24/h3-4,8-17,19-20,26H,5-7,18H2,1-2H3. The quantitative estimate of drug-likeness (QED) is 0.346. The van der Waals surface area contributed by atoms with Crippen LogP contribution in [0.4, 0.5) is 0 Å². The van der Waals surface area contributed by atoms with Gasteiger partial charge in [0.05, 0.1) is 11.7 Å². The molecule has 0 aliphatic heterocycles. The van der Waals surface area contributed by atoms with E-state index in [9.17, 15) is 0 Å². The summed E-state index contributed by atoms with van der Waals surface area (Å²) in [5.74, 6) is 2.75. The molecule has 6 heteroatoms. The van der Waals surface area contributed by atoms with Crippen molar-refractivity contribution in [2.45, 2.75) is 51.7 Å². The third-order valence-corrected chi connectivity index (χ3v) is 6.48. The van der Waals surface area contributed by atoms with Crippen LogP contribution < -0.4 is 4.74 Å². The predicted molar refractivity (Wildman–Crippen MR) is 128 cm³/mol. The Balaban J connectivity index is 1.35. The van der Waals surface area contributed by atoms with E-state index in [1.807, 2.05) is 22.9 Å². The van der Waals surface area contributed by atoms with Gasteiger partial charge in [0, 0.05) is 17.7 Å². The smallest absolute Gasteiger partial charge is 0.182 e. The second kappa shape index (κ2) is 9.53. The van der Waals surface area contributed by atoms with Crippen LogP contribution in [0.2, 0.25) is 0 Å². The second-order valence-electron chi connectivity index (χ2n) is 9.01. The van der Waals surface area contributed by atoms with Crippen molar-refractivity contribution in [3.05, 3.63) is 89.7 Å². The summed E-state index contributed by atoms with van der Waals surface area (Å²) >= 11 is 0. The van der Waals surface area contributed by atoms with Gasteiger partial charge < -0.3 is 4.74 Å². The molecule has 0 amide bonds. The van der Waals surface area contributed by atoms with Gasteiger partial charge >= 0.3 is 0 Å². The number of aromatic nitrogens is 5. The highest BCUT2D eigenvalue weighted by atomic mass is 16.5. The molecule has 1 atom stereocenters. The van der Waals surface area contributed by atoms with E-state index in [2.05, 4.69) is 82.9 Å². The molecule has 2 aromatic carbocycles. The van der Waals surface area contributed by atoms with Crippen molar-refractivity contribution in [2.75, 3.05) is 0 Å². The number of ether oxygens (including phenoxy) is 1. The van der Waals surface area contributed by atoms with Gasteiger partial charge in [-0.25, -0.2) is 4.68 Å². The van der Waals surface area contributed by atoms with Gasteiger partial charge in [-0.1, -0.05) is 48.9 Å². The average molecular weight is 440 g/mol. The van der Waals surface area contributed by atoms with Gasteiger partial charge in [0.2, 0.25) is 0 Å². The Morgan fingerprint density at radius 1 is 0.939 bits per heavy atom. The van der Waals surface area contributed by atoms with Crippen LogP contribution in [0.3, 0.4) is 0 Å². The second-order valence-corrected chi connectivity index (χ2v) is 9.01. The maximum absolute atomic E-state index is 5.94. The van der Waals surface area contributed by atoms with Gasteiger partial charge in [-0.05, 0) is 78.4 Å². The molecular formula is C27H29N5O. The van der Waals surface area contributed by atoms with Crippen LogP contribution in [0, 0.1) is 5.92 Å². The number of tetrazole rings is 1. The molecule has 0 saturated heterocycles.